The average Bonchev–Trinajstić information content (AvgIpc) is 3.47. The summed E-state index contributed by atoms with van der Waals surface area (Å²) in [6.07, 6.45) is 9.86. The zero-order chi connectivity index (χ0) is 20.2. The number of tetrazole rings is 1. The van der Waals surface area contributed by atoms with Gasteiger partial charge in [-0.1, -0.05) is 25.3 Å². The molecule has 0 spiro atoms. The van der Waals surface area contributed by atoms with Gasteiger partial charge in [-0.25, -0.2) is 4.68 Å². The molecule has 2 aliphatic rings. The molecule has 0 atom stereocenters. The highest BCUT2D eigenvalue weighted by atomic mass is 35.5. The molecule has 1 saturated carbocycles. The van der Waals surface area contributed by atoms with E-state index in [1.54, 1.807) is 0 Å². The summed E-state index contributed by atoms with van der Waals surface area (Å²) in [6, 6.07) is 9.50. The minimum Gasteiger partial charge on any atom is -0.368 e. The summed E-state index contributed by atoms with van der Waals surface area (Å²) < 4.78 is 3.52. The Morgan fingerprint density at radius 1 is 0.968 bits per heavy atom. The van der Waals surface area contributed by atoms with Gasteiger partial charge in [0, 0.05) is 48.4 Å². The molecule has 0 bridgehead atoms. The number of unbranched alkanes of at least 4 members (excludes halogenated alkanes) is 1. The van der Waals surface area contributed by atoms with E-state index in [0.717, 1.165) is 38.4 Å². The molecule has 1 aromatic carbocycles. The highest BCUT2D eigenvalue weighted by Crippen LogP contribution is 2.31. The van der Waals surface area contributed by atoms with Crippen LogP contribution in [0.2, 0.25) is 0 Å². The first-order chi connectivity index (χ1) is 14.9. The maximum Gasteiger partial charge on any atom is 0.151 e. The average molecular weight is 461 g/mol. The topological polar surface area (TPSA) is 50.1 Å². The fourth-order valence-electron chi connectivity index (χ4n) is 5.07. The molecule has 0 radical (unpaired) electrons. The molecule has 5 rings (SSSR count). The highest BCUT2D eigenvalue weighted by molar-refractivity contribution is 7.17. The van der Waals surface area contributed by atoms with E-state index in [4.69, 9.17) is 0 Å². The number of benzene rings is 1. The van der Waals surface area contributed by atoms with Crippen molar-refractivity contribution in [3.8, 4) is 0 Å². The Morgan fingerprint density at radius 2 is 1.81 bits per heavy atom. The van der Waals surface area contributed by atoms with Crippen molar-refractivity contribution in [2.45, 2.75) is 57.4 Å². The second-order valence-corrected chi connectivity index (χ2v) is 9.67. The zero-order valence-corrected chi connectivity index (χ0v) is 19.8. The lowest BCUT2D eigenvalue weighted by molar-refractivity contribution is 0.252. The van der Waals surface area contributed by atoms with Crippen molar-refractivity contribution in [2.75, 3.05) is 37.6 Å². The Bertz CT molecular complexity index is 942. The molecular formula is C23H33ClN6S. The Labute approximate surface area is 195 Å². The van der Waals surface area contributed by atoms with Crippen LogP contribution in [0.3, 0.4) is 0 Å². The van der Waals surface area contributed by atoms with Crippen molar-refractivity contribution >= 4 is 39.5 Å². The largest absolute Gasteiger partial charge is 0.368 e. The van der Waals surface area contributed by atoms with Gasteiger partial charge in [0.05, 0.1) is 6.04 Å². The number of rotatable bonds is 7. The standard InChI is InChI=1S/C23H32N6S.ClH/c1-2-7-19(8-3-1)29-23(24-25-26-29)11-4-5-13-27-14-16-28(17-15-27)21-9-6-10-22-20(21)12-18-30-22;/h6,9-10,12,18-19H,1-5,7-8,11,13-17H2;1H. The van der Waals surface area contributed by atoms with Gasteiger partial charge < -0.3 is 4.90 Å². The van der Waals surface area contributed by atoms with Crippen molar-refractivity contribution in [1.29, 1.82) is 0 Å². The number of nitrogens with zero attached hydrogens (tertiary/aromatic N) is 6. The van der Waals surface area contributed by atoms with Gasteiger partial charge in [-0.05, 0) is 66.2 Å². The van der Waals surface area contributed by atoms with Crippen molar-refractivity contribution in [1.82, 2.24) is 25.1 Å². The normalized spacial score (nSPS) is 18.4. The molecule has 2 fully saturated rings. The lowest BCUT2D eigenvalue weighted by Crippen LogP contribution is -2.46. The number of thiophene rings is 1. The molecular weight excluding hydrogens is 428 g/mol. The molecule has 1 aliphatic carbocycles. The first-order valence-electron chi connectivity index (χ1n) is 11.6. The van der Waals surface area contributed by atoms with E-state index in [0.29, 0.717) is 6.04 Å². The lowest BCUT2D eigenvalue weighted by Gasteiger charge is -2.36. The monoisotopic (exact) mass is 460 g/mol. The van der Waals surface area contributed by atoms with E-state index in [1.807, 2.05) is 11.3 Å². The molecule has 0 amide bonds. The van der Waals surface area contributed by atoms with Crippen LogP contribution in [-0.4, -0.2) is 57.8 Å². The first-order valence-corrected chi connectivity index (χ1v) is 12.5. The Hall–Kier alpha value is -1.70. The smallest absolute Gasteiger partial charge is 0.151 e. The molecule has 1 saturated heterocycles. The number of halogens is 1. The van der Waals surface area contributed by atoms with Crippen LogP contribution < -0.4 is 4.90 Å². The number of anilines is 1. The Morgan fingerprint density at radius 3 is 2.65 bits per heavy atom. The third-order valence-corrected chi connectivity index (χ3v) is 7.67. The van der Waals surface area contributed by atoms with Gasteiger partial charge in [0.2, 0.25) is 0 Å². The zero-order valence-electron chi connectivity index (χ0n) is 18.2. The van der Waals surface area contributed by atoms with E-state index < -0.39 is 0 Å². The molecule has 3 aromatic rings. The number of hydrogen-bond acceptors (Lipinski definition) is 6. The number of hydrogen-bond donors (Lipinski definition) is 0. The fraction of sp³-hybridized carbons (Fsp3) is 0.609. The van der Waals surface area contributed by atoms with Gasteiger partial charge in [-0.3, -0.25) is 4.90 Å². The van der Waals surface area contributed by atoms with Crippen molar-refractivity contribution in [3.63, 3.8) is 0 Å². The minimum absolute atomic E-state index is 0. The number of piperazine rings is 1. The first kappa shape index (κ1) is 22.5. The summed E-state index contributed by atoms with van der Waals surface area (Å²) in [5.74, 6) is 1.09. The third kappa shape index (κ3) is 5.21. The Kier molecular flexibility index (Phi) is 7.80. The van der Waals surface area contributed by atoms with E-state index in [1.165, 1.54) is 67.3 Å². The molecule has 3 heterocycles. The summed E-state index contributed by atoms with van der Waals surface area (Å²) in [7, 11) is 0. The number of fused-ring (bicyclic) bond motifs is 1. The fourth-order valence-corrected chi connectivity index (χ4v) is 5.88. The number of aryl methyl sites for hydroxylation is 1. The van der Waals surface area contributed by atoms with Crippen molar-refractivity contribution < 1.29 is 0 Å². The molecule has 2 aromatic heterocycles. The number of aromatic nitrogens is 4. The molecule has 6 nitrogen and oxygen atoms in total. The molecule has 31 heavy (non-hydrogen) atoms. The van der Waals surface area contributed by atoms with Gasteiger partial charge in [0.25, 0.3) is 0 Å². The van der Waals surface area contributed by atoms with E-state index >= 15 is 0 Å². The maximum absolute atomic E-state index is 4.32. The summed E-state index contributed by atoms with van der Waals surface area (Å²) in [5.41, 5.74) is 1.41. The van der Waals surface area contributed by atoms with Crippen molar-refractivity contribution in [2.24, 2.45) is 0 Å². The highest BCUT2D eigenvalue weighted by Gasteiger charge is 2.21. The second-order valence-electron chi connectivity index (χ2n) is 8.73. The van der Waals surface area contributed by atoms with Crippen LogP contribution in [0.1, 0.15) is 56.8 Å². The van der Waals surface area contributed by atoms with Gasteiger partial charge in [-0.2, -0.15) is 0 Å². The molecule has 0 unspecified atom stereocenters. The maximum atomic E-state index is 4.32. The van der Waals surface area contributed by atoms with Crippen molar-refractivity contribution in [3.05, 3.63) is 35.5 Å². The SMILES string of the molecule is Cl.c1cc(N2CCN(CCCCc3nnnn3C3CCCCC3)CC2)c2ccsc2c1. The second kappa shape index (κ2) is 10.7. The van der Waals surface area contributed by atoms with Crippen LogP contribution in [0.4, 0.5) is 5.69 Å². The van der Waals surface area contributed by atoms with Gasteiger partial charge in [0.15, 0.2) is 5.82 Å². The van der Waals surface area contributed by atoms with Crippen LogP contribution in [0.15, 0.2) is 29.6 Å². The third-order valence-electron chi connectivity index (χ3n) is 6.79. The van der Waals surface area contributed by atoms with Crippen LogP contribution in [0, 0.1) is 0 Å². The van der Waals surface area contributed by atoms with Crippen LogP contribution >= 0.6 is 23.7 Å². The summed E-state index contributed by atoms with van der Waals surface area (Å²) in [4.78, 5) is 5.18. The molecule has 0 N–H and O–H groups in total. The molecule has 168 valence electrons. The summed E-state index contributed by atoms with van der Waals surface area (Å²) in [5, 5.41) is 16.2. The van der Waals surface area contributed by atoms with E-state index in [9.17, 15) is 0 Å². The van der Waals surface area contributed by atoms with Gasteiger partial charge in [0.1, 0.15) is 0 Å². The quantitative estimate of drug-likeness (QED) is 0.466. The summed E-state index contributed by atoms with van der Waals surface area (Å²) >= 11 is 1.84. The van der Waals surface area contributed by atoms with E-state index in [-0.39, 0.29) is 12.4 Å². The van der Waals surface area contributed by atoms with Crippen LogP contribution in [0.25, 0.3) is 10.1 Å². The predicted molar refractivity (Wildman–Crippen MR) is 131 cm³/mol. The van der Waals surface area contributed by atoms with Crippen LogP contribution in [0.5, 0.6) is 0 Å². The predicted octanol–water partition coefficient (Wildman–Crippen LogP) is 4.96. The summed E-state index contributed by atoms with van der Waals surface area (Å²) in [6.45, 7) is 5.73. The Balaban J connectivity index is 0.00000231. The molecule has 8 heteroatoms. The minimum atomic E-state index is 0. The van der Waals surface area contributed by atoms with Crippen LogP contribution in [-0.2, 0) is 6.42 Å². The molecule has 1 aliphatic heterocycles. The lowest BCUT2D eigenvalue weighted by atomic mass is 9.95. The van der Waals surface area contributed by atoms with Gasteiger partial charge >= 0.3 is 0 Å². The van der Waals surface area contributed by atoms with E-state index in [2.05, 4.69) is 59.7 Å². The van der Waals surface area contributed by atoms with Gasteiger partial charge in [-0.15, -0.1) is 28.8 Å².